The maximum Gasteiger partial charge on any atom is 0.262 e. The van der Waals surface area contributed by atoms with Gasteiger partial charge in [0, 0.05) is 12.1 Å². The summed E-state index contributed by atoms with van der Waals surface area (Å²) >= 11 is 12.1. The number of carbonyl (C=O) groups is 1. The smallest absolute Gasteiger partial charge is 0.262 e. The summed E-state index contributed by atoms with van der Waals surface area (Å²) in [6.45, 7) is 1.71. The summed E-state index contributed by atoms with van der Waals surface area (Å²) in [6, 6.07) is 8.49. The molecule has 0 saturated heterocycles. The number of carbonyl (C=O) groups excluding carboxylic acids is 1. The highest BCUT2D eigenvalue weighted by Crippen LogP contribution is 2.35. The van der Waals surface area contributed by atoms with Crippen LogP contribution in [0.2, 0.25) is 10.0 Å². The third-order valence-electron chi connectivity index (χ3n) is 3.19. The van der Waals surface area contributed by atoms with Gasteiger partial charge in [-0.2, -0.15) is 0 Å². The van der Waals surface area contributed by atoms with Crippen molar-refractivity contribution < 1.29 is 19.0 Å². The molecule has 0 aliphatic heterocycles. The molecule has 7 heteroatoms. The molecule has 0 aromatic heterocycles. The minimum absolute atomic E-state index is 0.197. The van der Waals surface area contributed by atoms with Crippen LogP contribution in [0.15, 0.2) is 30.3 Å². The molecule has 5 nitrogen and oxygen atoms in total. The molecule has 0 bridgehead atoms. The van der Waals surface area contributed by atoms with Gasteiger partial charge in [0.2, 0.25) is 0 Å². The Morgan fingerprint density at radius 2 is 1.71 bits per heavy atom. The Hall–Kier alpha value is -2.11. The van der Waals surface area contributed by atoms with Gasteiger partial charge in [-0.3, -0.25) is 4.79 Å². The first-order valence-electron chi connectivity index (χ1n) is 7.05. The molecule has 0 heterocycles. The standard InChI is InChI=1S/C17H17Cl2NO4/c1-10-4-5-11(18)15(6-10)24-9-17(21)20-13-8-14(22-2)12(19)7-16(13)23-3/h4-8H,9H2,1-3H3,(H,20,21). The van der Waals surface area contributed by atoms with Crippen LogP contribution in [0, 0.1) is 6.92 Å². The van der Waals surface area contributed by atoms with Crippen molar-refractivity contribution in [2.24, 2.45) is 0 Å². The molecule has 2 rings (SSSR count). The van der Waals surface area contributed by atoms with Gasteiger partial charge in [0.15, 0.2) is 6.61 Å². The molecule has 0 aliphatic rings. The van der Waals surface area contributed by atoms with Crippen LogP contribution in [0.1, 0.15) is 5.56 Å². The molecule has 1 amide bonds. The van der Waals surface area contributed by atoms with Crippen molar-refractivity contribution in [1.29, 1.82) is 0 Å². The molecular weight excluding hydrogens is 353 g/mol. The maximum atomic E-state index is 12.1. The minimum atomic E-state index is -0.366. The number of nitrogens with one attached hydrogen (secondary N) is 1. The van der Waals surface area contributed by atoms with E-state index >= 15 is 0 Å². The van der Waals surface area contributed by atoms with Crippen molar-refractivity contribution in [2.45, 2.75) is 6.92 Å². The number of halogens is 2. The summed E-state index contributed by atoms with van der Waals surface area (Å²) in [4.78, 5) is 12.1. The van der Waals surface area contributed by atoms with Crippen LogP contribution in [0.4, 0.5) is 5.69 Å². The fraction of sp³-hybridized carbons (Fsp3) is 0.235. The normalized spacial score (nSPS) is 10.2. The van der Waals surface area contributed by atoms with Crippen molar-refractivity contribution >= 4 is 34.8 Å². The number of hydrogen-bond donors (Lipinski definition) is 1. The molecule has 1 N–H and O–H groups in total. The van der Waals surface area contributed by atoms with E-state index in [0.29, 0.717) is 33.0 Å². The van der Waals surface area contributed by atoms with Gasteiger partial charge in [0.05, 0.1) is 30.0 Å². The Balaban J connectivity index is 2.08. The van der Waals surface area contributed by atoms with Crippen molar-refractivity contribution in [3.05, 3.63) is 45.9 Å². The topological polar surface area (TPSA) is 56.8 Å². The van der Waals surface area contributed by atoms with E-state index in [-0.39, 0.29) is 12.5 Å². The minimum Gasteiger partial charge on any atom is -0.495 e. The largest absolute Gasteiger partial charge is 0.495 e. The zero-order chi connectivity index (χ0) is 17.7. The summed E-state index contributed by atoms with van der Waals surface area (Å²) in [5.74, 6) is 0.931. The van der Waals surface area contributed by atoms with Gasteiger partial charge >= 0.3 is 0 Å². The van der Waals surface area contributed by atoms with E-state index in [0.717, 1.165) is 5.56 Å². The molecule has 0 unspecified atom stereocenters. The lowest BCUT2D eigenvalue weighted by Crippen LogP contribution is -2.20. The SMILES string of the molecule is COc1cc(NC(=O)COc2cc(C)ccc2Cl)c(OC)cc1Cl. The Bertz CT molecular complexity index is 750. The van der Waals surface area contributed by atoms with Crippen molar-refractivity contribution in [3.63, 3.8) is 0 Å². The van der Waals surface area contributed by atoms with Gasteiger partial charge in [-0.25, -0.2) is 0 Å². The fourth-order valence-corrected chi connectivity index (χ4v) is 2.41. The highest BCUT2D eigenvalue weighted by molar-refractivity contribution is 6.32. The number of rotatable bonds is 6. The van der Waals surface area contributed by atoms with Crippen LogP contribution in [0.5, 0.6) is 17.2 Å². The number of ether oxygens (including phenoxy) is 3. The molecule has 2 aromatic rings. The quantitative estimate of drug-likeness (QED) is 0.822. The average molecular weight is 370 g/mol. The summed E-state index contributed by atoms with van der Waals surface area (Å²) in [6.07, 6.45) is 0. The molecule has 0 spiro atoms. The maximum absolute atomic E-state index is 12.1. The Morgan fingerprint density at radius 1 is 1.00 bits per heavy atom. The third-order valence-corrected chi connectivity index (χ3v) is 3.80. The number of amides is 1. The summed E-state index contributed by atoms with van der Waals surface area (Å²) in [5.41, 5.74) is 1.42. The highest BCUT2D eigenvalue weighted by atomic mass is 35.5. The van der Waals surface area contributed by atoms with E-state index in [2.05, 4.69) is 5.32 Å². The lowest BCUT2D eigenvalue weighted by atomic mass is 10.2. The van der Waals surface area contributed by atoms with E-state index in [9.17, 15) is 4.79 Å². The van der Waals surface area contributed by atoms with Crippen molar-refractivity contribution in [2.75, 3.05) is 26.1 Å². The van der Waals surface area contributed by atoms with Crippen LogP contribution >= 0.6 is 23.2 Å². The Morgan fingerprint density at radius 3 is 2.38 bits per heavy atom. The molecule has 0 aliphatic carbocycles. The van der Waals surface area contributed by atoms with Crippen LogP contribution in [-0.4, -0.2) is 26.7 Å². The number of aryl methyl sites for hydroxylation is 1. The Kier molecular flexibility index (Phi) is 6.17. The molecule has 2 aromatic carbocycles. The molecule has 24 heavy (non-hydrogen) atoms. The lowest BCUT2D eigenvalue weighted by molar-refractivity contribution is -0.118. The first-order valence-corrected chi connectivity index (χ1v) is 7.80. The van der Waals surface area contributed by atoms with Gasteiger partial charge in [-0.05, 0) is 24.6 Å². The fourth-order valence-electron chi connectivity index (χ4n) is 2.01. The summed E-state index contributed by atoms with van der Waals surface area (Å²) in [5, 5.41) is 3.53. The first kappa shape index (κ1) is 18.2. The van der Waals surface area contributed by atoms with E-state index in [1.807, 2.05) is 13.0 Å². The molecule has 128 valence electrons. The van der Waals surface area contributed by atoms with Crippen LogP contribution < -0.4 is 19.5 Å². The molecule has 0 saturated carbocycles. The van der Waals surface area contributed by atoms with Crippen LogP contribution in [-0.2, 0) is 4.79 Å². The van der Waals surface area contributed by atoms with Gasteiger partial charge < -0.3 is 19.5 Å². The predicted molar refractivity (Wildman–Crippen MR) is 94.9 cm³/mol. The van der Waals surface area contributed by atoms with E-state index in [4.69, 9.17) is 37.4 Å². The second-order valence-corrected chi connectivity index (χ2v) is 5.77. The highest BCUT2D eigenvalue weighted by Gasteiger charge is 2.13. The monoisotopic (exact) mass is 369 g/mol. The number of hydrogen-bond acceptors (Lipinski definition) is 4. The zero-order valence-electron chi connectivity index (χ0n) is 13.5. The Labute approximate surface area is 150 Å². The molecule has 0 radical (unpaired) electrons. The number of anilines is 1. The van der Waals surface area contributed by atoms with Gasteiger partial charge in [0.25, 0.3) is 5.91 Å². The molecule has 0 atom stereocenters. The summed E-state index contributed by atoms with van der Waals surface area (Å²) in [7, 11) is 2.97. The lowest BCUT2D eigenvalue weighted by Gasteiger charge is -2.14. The van der Waals surface area contributed by atoms with Crippen LogP contribution in [0.25, 0.3) is 0 Å². The number of benzene rings is 2. The first-order chi connectivity index (χ1) is 11.4. The second kappa shape index (κ2) is 8.13. The predicted octanol–water partition coefficient (Wildman–Crippen LogP) is 4.34. The second-order valence-electron chi connectivity index (χ2n) is 4.96. The van der Waals surface area contributed by atoms with E-state index < -0.39 is 0 Å². The van der Waals surface area contributed by atoms with E-state index in [1.54, 1.807) is 24.3 Å². The average Bonchev–Trinajstić information content (AvgIpc) is 2.56. The van der Waals surface area contributed by atoms with Gasteiger partial charge in [0.1, 0.15) is 17.2 Å². The van der Waals surface area contributed by atoms with Crippen molar-refractivity contribution in [3.8, 4) is 17.2 Å². The molecule has 0 fully saturated rings. The van der Waals surface area contributed by atoms with Gasteiger partial charge in [-0.15, -0.1) is 0 Å². The van der Waals surface area contributed by atoms with Crippen LogP contribution in [0.3, 0.4) is 0 Å². The zero-order valence-corrected chi connectivity index (χ0v) is 15.0. The molecular formula is C17H17Cl2NO4. The summed E-state index contributed by atoms with van der Waals surface area (Å²) < 4.78 is 15.8. The van der Waals surface area contributed by atoms with Gasteiger partial charge in [-0.1, -0.05) is 29.3 Å². The van der Waals surface area contributed by atoms with Crippen molar-refractivity contribution in [1.82, 2.24) is 0 Å². The van der Waals surface area contributed by atoms with E-state index in [1.165, 1.54) is 14.2 Å². The number of methoxy groups -OCH3 is 2. The third kappa shape index (κ3) is 4.46.